The van der Waals surface area contributed by atoms with Crippen LogP contribution in [0.3, 0.4) is 0 Å². The summed E-state index contributed by atoms with van der Waals surface area (Å²) in [6.07, 6.45) is 0. The van der Waals surface area contributed by atoms with Crippen molar-refractivity contribution in [3.63, 3.8) is 0 Å². The minimum Gasteiger partial charge on any atom is -0.492 e. The Morgan fingerprint density at radius 3 is 2.44 bits per heavy atom. The Bertz CT molecular complexity index is 732. The van der Waals surface area contributed by atoms with Gasteiger partial charge >= 0.3 is 0 Å². The first-order valence-corrected chi connectivity index (χ1v) is 8.57. The summed E-state index contributed by atoms with van der Waals surface area (Å²) in [5.41, 5.74) is 2.86. The molecular formula is C21H27NO3. The van der Waals surface area contributed by atoms with E-state index in [1.807, 2.05) is 43.3 Å². The SMILES string of the molecule is CCOc1ccccc1NC(=O)COc1ccc(C)cc1C(C)(C)C. The molecule has 2 aromatic carbocycles. The van der Waals surface area contributed by atoms with Crippen molar-refractivity contribution >= 4 is 11.6 Å². The number of amides is 1. The average Bonchev–Trinajstić information content (AvgIpc) is 2.55. The number of carbonyl (C=O) groups excluding carboxylic acids is 1. The lowest BCUT2D eigenvalue weighted by Crippen LogP contribution is -2.22. The lowest BCUT2D eigenvalue weighted by Gasteiger charge is -2.23. The molecule has 0 unspecified atom stereocenters. The molecule has 1 amide bonds. The summed E-state index contributed by atoms with van der Waals surface area (Å²) < 4.78 is 11.3. The molecule has 0 saturated carbocycles. The number of carbonyl (C=O) groups is 1. The molecule has 134 valence electrons. The van der Waals surface area contributed by atoms with Gasteiger partial charge in [0.2, 0.25) is 0 Å². The van der Waals surface area contributed by atoms with E-state index in [-0.39, 0.29) is 17.9 Å². The van der Waals surface area contributed by atoms with Crippen molar-refractivity contribution in [2.75, 3.05) is 18.5 Å². The fourth-order valence-corrected chi connectivity index (χ4v) is 2.54. The zero-order chi connectivity index (χ0) is 18.4. The monoisotopic (exact) mass is 341 g/mol. The molecule has 4 nitrogen and oxygen atoms in total. The van der Waals surface area contributed by atoms with Gasteiger partial charge < -0.3 is 14.8 Å². The van der Waals surface area contributed by atoms with Crippen molar-refractivity contribution < 1.29 is 14.3 Å². The zero-order valence-corrected chi connectivity index (χ0v) is 15.7. The first kappa shape index (κ1) is 18.8. The molecule has 0 aliphatic carbocycles. The smallest absolute Gasteiger partial charge is 0.262 e. The lowest BCUT2D eigenvalue weighted by molar-refractivity contribution is -0.118. The summed E-state index contributed by atoms with van der Waals surface area (Å²) in [4.78, 5) is 12.3. The van der Waals surface area contributed by atoms with E-state index in [0.29, 0.717) is 18.0 Å². The van der Waals surface area contributed by atoms with Crippen LogP contribution in [0.1, 0.15) is 38.8 Å². The standard InChI is InChI=1S/C21H27NO3/c1-6-24-19-10-8-7-9-17(19)22-20(23)14-25-18-12-11-15(2)13-16(18)21(3,4)5/h7-13H,6,14H2,1-5H3,(H,22,23). The van der Waals surface area contributed by atoms with Gasteiger partial charge in [0.05, 0.1) is 12.3 Å². The normalized spacial score (nSPS) is 11.1. The van der Waals surface area contributed by atoms with Crippen molar-refractivity contribution in [2.24, 2.45) is 0 Å². The predicted molar refractivity (Wildman–Crippen MR) is 102 cm³/mol. The van der Waals surface area contributed by atoms with Crippen LogP contribution in [0, 0.1) is 6.92 Å². The summed E-state index contributed by atoms with van der Waals surface area (Å²) in [6, 6.07) is 13.4. The molecule has 25 heavy (non-hydrogen) atoms. The van der Waals surface area contributed by atoms with E-state index >= 15 is 0 Å². The lowest BCUT2D eigenvalue weighted by atomic mass is 9.85. The minimum atomic E-state index is -0.215. The molecule has 0 aliphatic heterocycles. The maximum atomic E-state index is 12.3. The Kier molecular flexibility index (Phi) is 6.07. The van der Waals surface area contributed by atoms with Crippen molar-refractivity contribution in [2.45, 2.75) is 40.0 Å². The van der Waals surface area contributed by atoms with E-state index < -0.39 is 0 Å². The van der Waals surface area contributed by atoms with Gasteiger partial charge in [0.15, 0.2) is 6.61 Å². The van der Waals surface area contributed by atoms with E-state index in [1.54, 1.807) is 0 Å². The number of aryl methyl sites for hydroxylation is 1. The van der Waals surface area contributed by atoms with Gasteiger partial charge in [0.25, 0.3) is 5.91 Å². The van der Waals surface area contributed by atoms with Crippen molar-refractivity contribution in [1.29, 1.82) is 0 Å². The summed E-state index contributed by atoms with van der Waals surface area (Å²) >= 11 is 0. The highest BCUT2D eigenvalue weighted by Gasteiger charge is 2.20. The molecule has 4 heteroatoms. The Labute approximate surface area is 150 Å². The van der Waals surface area contributed by atoms with Gasteiger partial charge in [0.1, 0.15) is 11.5 Å². The van der Waals surface area contributed by atoms with E-state index in [0.717, 1.165) is 11.3 Å². The predicted octanol–water partition coefficient (Wildman–Crippen LogP) is 4.71. The third-order valence-electron chi connectivity index (χ3n) is 3.76. The van der Waals surface area contributed by atoms with E-state index in [1.165, 1.54) is 5.56 Å². The highest BCUT2D eigenvalue weighted by Crippen LogP contribution is 2.32. The van der Waals surface area contributed by atoms with Crippen LogP contribution >= 0.6 is 0 Å². The molecule has 2 aromatic rings. The quantitative estimate of drug-likeness (QED) is 0.828. The first-order valence-electron chi connectivity index (χ1n) is 8.57. The van der Waals surface area contributed by atoms with Crippen LogP contribution in [-0.2, 0) is 10.2 Å². The largest absolute Gasteiger partial charge is 0.492 e. The van der Waals surface area contributed by atoms with Gasteiger partial charge in [-0.15, -0.1) is 0 Å². The van der Waals surface area contributed by atoms with Crippen molar-refractivity contribution in [3.05, 3.63) is 53.6 Å². The molecule has 0 spiro atoms. The molecule has 0 bridgehead atoms. The van der Waals surface area contributed by atoms with Crippen LogP contribution in [0.15, 0.2) is 42.5 Å². The molecule has 0 heterocycles. The van der Waals surface area contributed by atoms with Gasteiger partial charge in [-0.3, -0.25) is 4.79 Å². The van der Waals surface area contributed by atoms with Crippen LogP contribution in [0.25, 0.3) is 0 Å². The first-order chi connectivity index (χ1) is 11.8. The summed E-state index contributed by atoms with van der Waals surface area (Å²) in [6.45, 7) is 10.9. The number of ether oxygens (including phenoxy) is 2. The minimum absolute atomic E-state index is 0.0490. The van der Waals surface area contributed by atoms with Gasteiger partial charge in [0, 0.05) is 0 Å². The molecule has 0 saturated heterocycles. The molecule has 1 N–H and O–H groups in total. The Hall–Kier alpha value is -2.49. The Balaban J connectivity index is 2.06. The highest BCUT2D eigenvalue weighted by atomic mass is 16.5. The summed E-state index contributed by atoms with van der Waals surface area (Å²) in [5, 5.41) is 2.85. The fraction of sp³-hybridized carbons (Fsp3) is 0.381. The van der Waals surface area contributed by atoms with E-state index in [2.05, 4.69) is 39.1 Å². The third kappa shape index (κ3) is 5.24. The van der Waals surface area contributed by atoms with Crippen LogP contribution in [0.5, 0.6) is 11.5 Å². The topological polar surface area (TPSA) is 47.6 Å². The fourth-order valence-electron chi connectivity index (χ4n) is 2.54. The van der Waals surface area contributed by atoms with Crippen LogP contribution in [-0.4, -0.2) is 19.1 Å². The maximum absolute atomic E-state index is 12.3. The number of benzene rings is 2. The maximum Gasteiger partial charge on any atom is 0.262 e. The molecule has 2 rings (SSSR count). The second-order valence-corrected chi connectivity index (χ2v) is 7.02. The number of hydrogen-bond donors (Lipinski definition) is 1. The molecule has 0 atom stereocenters. The van der Waals surface area contributed by atoms with E-state index in [4.69, 9.17) is 9.47 Å². The molecule has 0 aromatic heterocycles. The molecule has 0 fully saturated rings. The van der Waals surface area contributed by atoms with Gasteiger partial charge in [-0.25, -0.2) is 0 Å². The number of para-hydroxylation sites is 2. The van der Waals surface area contributed by atoms with Crippen LogP contribution < -0.4 is 14.8 Å². The van der Waals surface area contributed by atoms with Gasteiger partial charge in [-0.1, -0.05) is 50.6 Å². The molecular weight excluding hydrogens is 314 g/mol. The molecule has 0 radical (unpaired) electrons. The summed E-state index contributed by atoms with van der Waals surface area (Å²) in [5.74, 6) is 1.18. The van der Waals surface area contributed by atoms with Crippen molar-refractivity contribution in [3.8, 4) is 11.5 Å². The summed E-state index contributed by atoms with van der Waals surface area (Å²) in [7, 11) is 0. The average molecular weight is 341 g/mol. The van der Waals surface area contributed by atoms with Gasteiger partial charge in [-0.05, 0) is 43.0 Å². The highest BCUT2D eigenvalue weighted by molar-refractivity contribution is 5.93. The zero-order valence-electron chi connectivity index (χ0n) is 15.7. The van der Waals surface area contributed by atoms with E-state index in [9.17, 15) is 4.79 Å². The van der Waals surface area contributed by atoms with Crippen LogP contribution in [0.4, 0.5) is 5.69 Å². The Morgan fingerprint density at radius 2 is 1.76 bits per heavy atom. The molecule has 0 aliphatic rings. The number of hydrogen-bond acceptors (Lipinski definition) is 3. The number of anilines is 1. The van der Waals surface area contributed by atoms with Crippen molar-refractivity contribution in [1.82, 2.24) is 0 Å². The number of rotatable bonds is 6. The third-order valence-corrected chi connectivity index (χ3v) is 3.76. The Morgan fingerprint density at radius 1 is 1.04 bits per heavy atom. The van der Waals surface area contributed by atoms with Crippen LogP contribution in [0.2, 0.25) is 0 Å². The second kappa shape index (κ2) is 8.06. The number of nitrogens with one attached hydrogen (secondary N) is 1. The second-order valence-electron chi connectivity index (χ2n) is 7.02. The van der Waals surface area contributed by atoms with Gasteiger partial charge in [-0.2, -0.15) is 0 Å².